The molecule has 1 fully saturated rings. The molecule has 0 saturated carbocycles. The number of halogens is 3. The van der Waals surface area contributed by atoms with Crippen molar-refractivity contribution in [1.29, 1.82) is 0 Å². The Balaban J connectivity index is 1.45. The number of sulfonamides is 1. The van der Waals surface area contributed by atoms with Gasteiger partial charge in [0.15, 0.2) is 0 Å². The molecule has 1 N–H and O–H groups in total. The molecule has 0 unspecified atom stereocenters. The van der Waals surface area contributed by atoms with Gasteiger partial charge in [-0.2, -0.15) is 0 Å². The molecule has 0 bridgehead atoms. The van der Waals surface area contributed by atoms with Crippen molar-refractivity contribution < 1.29 is 17.5 Å². The van der Waals surface area contributed by atoms with Gasteiger partial charge in [-0.05, 0) is 61.0 Å². The van der Waals surface area contributed by atoms with E-state index >= 15 is 0 Å². The molecule has 0 aliphatic carbocycles. The number of benzene rings is 3. The Hall–Kier alpha value is -2.76. The Kier molecular flexibility index (Phi) is 7.14. The minimum Gasteiger partial charge on any atom is -0.455 e. The van der Waals surface area contributed by atoms with Gasteiger partial charge in [-0.1, -0.05) is 52.7 Å². The lowest BCUT2D eigenvalue weighted by atomic mass is 10.0. The number of hydrogen-bond donors (Lipinski definition) is 1. The molecule has 2 heterocycles. The first kappa shape index (κ1) is 24.9. The maximum Gasteiger partial charge on any atom is 0.266 e. The summed E-state index contributed by atoms with van der Waals surface area (Å²) >= 11 is 13.6. The third-order valence-corrected chi connectivity index (χ3v) is 8.23. The van der Waals surface area contributed by atoms with E-state index in [1.165, 1.54) is 11.9 Å². The van der Waals surface area contributed by atoms with Crippen LogP contribution < -0.4 is 9.46 Å². The van der Waals surface area contributed by atoms with Gasteiger partial charge in [0.25, 0.3) is 10.0 Å². The number of ether oxygens (including phenoxy) is 1. The Labute approximate surface area is 221 Å². The van der Waals surface area contributed by atoms with Crippen LogP contribution >= 0.6 is 34.5 Å². The van der Waals surface area contributed by atoms with E-state index in [2.05, 4.69) is 32.0 Å². The molecule has 1 aliphatic rings. The van der Waals surface area contributed by atoms with Crippen LogP contribution in [0.25, 0.3) is 11.1 Å². The molecular formula is C24H19Cl2FN4O3S2. The van der Waals surface area contributed by atoms with Crippen LogP contribution in [0.3, 0.4) is 0 Å². The molecule has 5 rings (SSSR count). The smallest absolute Gasteiger partial charge is 0.266 e. The van der Waals surface area contributed by atoms with Crippen molar-refractivity contribution >= 4 is 49.7 Å². The second-order valence-electron chi connectivity index (χ2n) is 8.14. The number of anilines is 1. The molecular weight excluding hydrogens is 546 g/mol. The van der Waals surface area contributed by atoms with Crippen molar-refractivity contribution in [2.75, 3.05) is 17.8 Å². The fraction of sp³-hybridized carbons (Fsp3) is 0.167. The first-order valence-corrected chi connectivity index (χ1v) is 14.0. The quantitative estimate of drug-likeness (QED) is 0.264. The van der Waals surface area contributed by atoms with Crippen molar-refractivity contribution in [2.24, 2.45) is 0 Å². The van der Waals surface area contributed by atoms with E-state index in [4.69, 9.17) is 27.9 Å². The minimum absolute atomic E-state index is 0.00740. The number of aromatic nitrogens is 2. The first-order valence-electron chi connectivity index (χ1n) is 10.9. The standard InChI is InChI=1S/C24H19Cl2FN4O3S2/c25-17-5-6-21(18(10-17)16-4-1-3-15(9-16)13-31-7-2-8-31)34-22-12-20(27)23(11-19(22)26)36(32,33)30-24-29-28-14-35-24/h1,3-6,9-12,14H,2,7-8,13H2,(H,29,30). The Morgan fingerprint density at radius 3 is 2.64 bits per heavy atom. The number of nitrogens with one attached hydrogen (secondary N) is 1. The molecule has 0 radical (unpaired) electrons. The zero-order chi connectivity index (χ0) is 25.3. The maximum absolute atomic E-state index is 14.9. The van der Waals surface area contributed by atoms with Crippen LogP contribution in [-0.4, -0.2) is 36.6 Å². The number of nitrogens with zero attached hydrogens (tertiary/aromatic N) is 3. The van der Waals surface area contributed by atoms with E-state index in [9.17, 15) is 12.8 Å². The molecule has 1 saturated heterocycles. The number of rotatable bonds is 8. The summed E-state index contributed by atoms with van der Waals surface area (Å²) in [5, 5.41) is 7.60. The Bertz CT molecular complexity index is 1510. The Morgan fingerprint density at radius 1 is 1.08 bits per heavy atom. The summed E-state index contributed by atoms with van der Waals surface area (Å²) in [5.41, 5.74) is 4.07. The summed E-state index contributed by atoms with van der Waals surface area (Å²) in [7, 11) is -4.27. The van der Waals surface area contributed by atoms with E-state index in [1.807, 2.05) is 12.1 Å². The predicted molar refractivity (Wildman–Crippen MR) is 139 cm³/mol. The second kappa shape index (κ2) is 10.3. The average molecular weight is 565 g/mol. The van der Waals surface area contributed by atoms with Crippen LogP contribution in [0.2, 0.25) is 10.0 Å². The van der Waals surface area contributed by atoms with Gasteiger partial charge in [0.05, 0.1) is 5.02 Å². The lowest BCUT2D eigenvalue weighted by Crippen LogP contribution is -2.36. The van der Waals surface area contributed by atoms with Crippen molar-refractivity contribution in [3.63, 3.8) is 0 Å². The molecule has 1 aromatic heterocycles. The first-order chi connectivity index (χ1) is 17.3. The molecule has 12 heteroatoms. The molecule has 7 nitrogen and oxygen atoms in total. The molecule has 1 aliphatic heterocycles. The van der Waals surface area contributed by atoms with Crippen molar-refractivity contribution in [3.05, 3.63) is 81.5 Å². The maximum atomic E-state index is 14.9. The molecule has 0 spiro atoms. The third kappa shape index (κ3) is 5.47. The van der Waals surface area contributed by atoms with Gasteiger partial charge >= 0.3 is 0 Å². The van der Waals surface area contributed by atoms with Gasteiger partial charge < -0.3 is 4.74 Å². The highest BCUT2D eigenvalue weighted by Gasteiger charge is 2.24. The van der Waals surface area contributed by atoms with E-state index < -0.39 is 20.7 Å². The summed E-state index contributed by atoms with van der Waals surface area (Å²) in [6.45, 7) is 3.02. The molecule has 0 amide bonds. The Morgan fingerprint density at radius 2 is 1.92 bits per heavy atom. The van der Waals surface area contributed by atoms with Crippen molar-refractivity contribution in [3.8, 4) is 22.6 Å². The van der Waals surface area contributed by atoms with Gasteiger partial charge in [-0.3, -0.25) is 9.62 Å². The van der Waals surface area contributed by atoms with Crippen LogP contribution in [0.1, 0.15) is 12.0 Å². The highest BCUT2D eigenvalue weighted by atomic mass is 35.5. The van der Waals surface area contributed by atoms with Gasteiger partial charge in [-0.25, -0.2) is 12.8 Å². The van der Waals surface area contributed by atoms with Crippen LogP contribution in [0.5, 0.6) is 11.5 Å². The summed E-state index contributed by atoms with van der Waals surface area (Å²) < 4.78 is 48.3. The van der Waals surface area contributed by atoms with Gasteiger partial charge in [0.2, 0.25) is 5.13 Å². The van der Waals surface area contributed by atoms with E-state index in [1.54, 1.807) is 18.2 Å². The van der Waals surface area contributed by atoms with E-state index in [-0.39, 0.29) is 15.9 Å². The fourth-order valence-electron chi connectivity index (χ4n) is 3.75. The second-order valence-corrected chi connectivity index (χ2v) is 11.5. The average Bonchev–Trinajstić information content (AvgIpc) is 3.32. The van der Waals surface area contributed by atoms with Crippen LogP contribution in [0.15, 0.2) is 65.0 Å². The monoisotopic (exact) mass is 564 g/mol. The zero-order valence-corrected chi connectivity index (χ0v) is 21.8. The molecule has 186 valence electrons. The third-order valence-electron chi connectivity index (χ3n) is 5.61. The molecule has 4 aromatic rings. The summed E-state index contributed by atoms with van der Waals surface area (Å²) in [4.78, 5) is 1.72. The van der Waals surface area contributed by atoms with Crippen LogP contribution in [0, 0.1) is 5.82 Å². The normalized spacial score (nSPS) is 13.9. The zero-order valence-electron chi connectivity index (χ0n) is 18.6. The molecule has 36 heavy (non-hydrogen) atoms. The van der Waals surface area contributed by atoms with E-state index in [0.717, 1.165) is 54.2 Å². The topological polar surface area (TPSA) is 84.4 Å². The summed E-state index contributed by atoms with van der Waals surface area (Å²) in [6.07, 6.45) is 1.21. The lowest BCUT2D eigenvalue weighted by Gasteiger charge is -2.30. The SMILES string of the molecule is O=S(=O)(Nc1nncs1)c1cc(Cl)c(Oc2ccc(Cl)cc2-c2cccc(CN3CCC3)c2)cc1F. The predicted octanol–water partition coefficient (Wildman–Crippen LogP) is 6.45. The highest BCUT2D eigenvalue weighted by Crippen LogP contribution is 2.39. The van der Waals surface area contributed by atoms with E-state index in [0.29, 0.717) is 16.3 Å². The lowest BCUT2D eigenvalue weighted by molar-refractivity contribution is 0.172. The van der Waals surface area contributed by atoms with Gasteiger partial charge in [0, 0.05) is 23.2 Å². The van der Waals surface area contributed by atoms with Gasteiger partial charge in [0.1, 0.15) is 27.7 Å². The number of hydrogen-bond acceptors (Lipinski definition) is 7. The van der Waals surface area contributed by atoms with Crippen LogP contribution in [0.4, 0.5) is 9.52 Å². The fourth-order valence-corrected chi connectivity index (χ4v) is 5.97. The van der Waals surface area contributed by atoms with Crippen molar-refractivity contribution in [1.82, 2.24) is 15.1 Å². The summed E-state index contributed by atoms with van der Waals surface area (Å²) in [6, 6.07) is 15.0. The summed E-state index contributed by atoms with van der Waals surface area (Å²) in [5.74, 6) is -0.674. The minimum atomic E-state index is -4.27. The largest absolute Gasteiger partial charge is 0.455 e. The molecule has 3 aromatic carbocycles. The molecule has 0 atom stereocenters. The van der Waals surface area contributed by atoms with Gasteiger partial charge in [-0.15, -0.1) is 10.2 Å². The highest BCUT2D eigenvalue weighted by molar-refractivity contribution is 7.93. The van der Waals surface area contributed by atoms with Crippen molar-refractivity contribution in [2.45, 2.75) is 17.9 Å². The van der Waals surface area contributed by atoms with Crippen LogP contribution in [-0.2, 0) is 16.6 Å². The number of likely N-dealkylation sites (tertiary alicyclic amines) is 1.